The molecule has 0 atom stereocenters. The number of methoxy groups -OCH3 is 1. The van der Waals surface area contributed by atoms with E-state index in [1.165, 1.54) is 24.5 Å². The van der Waals surface area contributed by atoms with Crippen molar-refractivity contribution in [3.63, 3.8) is 0 Å². The van der Waals surface area contributed by atoms with Crippen LogP contribution >= 0.6 is 11.3 Å². The summed E-state index contributed by atoms with van der Waals surface area (Å²) in [5.41, 5.74) is 1.27. The number of aromatic nitrogens is 1. The number of benzene rings is 1. The molecule has 0 aliphatic rings. The Hall–Kier alpha value is -1.75. The molecule has 0 saturated carbocycles. The van der Waals surface area contributed by atoms with Crippen LogP contribution in [0.2, 0.25) is 0 Å². The van der Waals surface area contributed by atoms with E-state index in [9.17, 15) is 9.18 Å². The zero-order chi connectivity index (χ0) is 13.0. The van der Waals surface area contributed by atoms with Crippen molar-refractivity contribution in [1.29, 1.82) is 0 Å². The van der Waals surface area contributed by atoms with Gasteiger partial charge in [-0.05, 0) is 11.6 Å². The summed E-state index contributed by atoms with van der Waals surface area (Å²) in [5.74, 6) is -0.556. The van der Waals surface area contributed by atoms with Crippen LogP contribution in [0.25, 0.3) is 0 Å². The summed E-state index contributed by atoms with van der Waals surface area (Å²) in [6.45, 7) is 0. The van der Waals surface area contributed by atoms with Gasteiger partial charge < -0.3 is 4.74 Å². The normalized spacial score (nSPS) is 10.3. The molecular formula is C13H12FNO2S. The van der Waals surface area contributed by atoms with E-state index in [0.29, 0.717) is 17.7 Å². The highest BCUT2D eigenvalue weighted by Crippen LogP contribution is 2.17. The molecule has 0 unspecified atom stereocenters. The molecule has 0 aliphatic carbocycles. The zero-order valence-electron chi connectivity index (χ0n) is 9.85. The van der Waals surface area contributed by atoms with Gasteiger partial charge in [-0.15, -0.1) is 11.3 Å². The lowest BCUT2D eigenvalue weighted by molar-refractivity contribution is -0.139. The fourth-order valence-corrected chi connectivity index (χ4v) is 2.35. The minimum absolute atomic E-state index is 0.157. The Morgan fingerprint density at radius 2 is 2.22 bits per heavy atom. The molecule has 0 saturated heterocycles. The molecule has 1 heterocycles. The Morgan fingerprint density at radius 1 is 1.44 bits per heavy atom. The molecule has 0 N–H and O–H groups in total. The number of carbonyl (C=O) groups excluding carboxylic acids is 1. The summed E-state index contributed by atoms with van der Waals surface area (Å²) in [7, 11) is 1.34. The molecule has 0 fully saturated rings. The van der Waals surface area contributed by atoms with Crippen LogP contribution in [0.1, 0.15) is 16.3 Å². The first-order valence-corrected chi connectivity index (χ1v) is 6.30. The minimum Gasteiger partial charge on any atom is -0.469 e. The first kappa shape index (κ1) is 12.7. The van der Waals surface area contributed by atoms with Crippen LogP contribution in [0.4, 0.5) is 4.39 Å². The molecule has 0 amide bonds. The summed E-state index contributed by atoms with van der Waals surface area (Å²) in [6, 6.07) is 6.61. The van der Waals surface area contributed by atoms with E-state index < -0.39 is 0 Å². The zero-order valence-corrected chi connectivity index (χ0v) is 10.7. The standard InChI is InChI=1S/C13H12FNO2S/c1-17-13(16)7-10-8-18-12(15-10)6-9-4-2-3-5-11(9)14/h2-5,8H,6-7H2,1H3. The SMILES string of the molecule is COC(=O)Cc1csc(Cc2ccccc2F)n1. The summed E-state index contributed by atoms with van der Waals surface area (Å²) in [4.78, 5) is 15.4. The van der Waals surface area contributed by atoms with Crippen molar-refractivity contribution in [3.8, 4) is 0 Å². The lowest BCUT2D eigenvalue weighted by Crippen LogP contribution is -2.04. The molecule has 0 spiro atoms. The maximum Gasteiger partial charge on any atom is 0.311 e. The Bertz CT molecular complexity index is 553. The molecule has 3 nitrogen and oxygen atoms in total. The van der Waals surface area contributed by atoms with Crippen LogP contribution in [0.15, 0.2) is 29.6 Å². The van der Waals surface area contributed by atoms with E-state index in [0.717, 1.165) is 5.01 Å². The van der Waals surface area contributed by atoms with Crippen molar-refractivity contribution in [2.24, 2.45) is 0 Å². The summed E-state index contributed by atoms with van der Waals surface area (Å²) >= 11 is 1.42. The quantitative estimate of drug-likeness (QED) is 0.798. The van der Waals surface area contributed by atoms with Gasteiger partial charge in [-0.1, -0.05) is 18.2 Å². The molecule has 5 heteroatoms. The average Bonchev–Trinajstić information content (AvgIpc) is 2.79. The van der Waals surface area contributed by atoms with Gasteiger partial charge in [0.15, 0.2) is 0 Å². The lowest BCUT2D eigenvalue weighted by Gasteiger charge is -1.99. The van der Waals surface area contributed by atoms with Crippen molar-refractivity contribution in [2.75, 3.05) is 7.11 Å². The molecule has 1 aromatic carbocycles. The minimum atomic E-state index is -0.322. The second kappa shape index (κ2) is 5.73. The third kappa shape index (κ3) is 3.13. The lowest BCUT2D eigenvalue weighted by atomic mass is 10.1. The molecular weight excluding hydrogens is 253 g/mol. The number of carbonyl (C=O) groups is 1. The largest absolute Gasteiger partial charge is 0.469 e. The monoisotopic (exact) mass is 265 g/mol. The van der Waals surface area contributed by atoms with Crippen LogP contribution in [0.5, 0.6) is 0 Å². The smallest absolute Gasteiger partial charge is 0.311 e. The predicted octanol–water partition coefficient (Wildman–Crippen LogP) is 2.59. The highest BCUT2D eigenvalue weighted by atomic mass is 32.1. The van der Waals surface area contributed by atoms with Crippen molar-refractivity contribution in [2.45, 2.75) is 12.8 Å². The Balaban J connectivity index is 2.07. The fraction of sp³-hybridized carbons (Fsp3) is 0.231. The fourth-order valence-electron chi connectivity index (χ4n) is 1.54. The van der Waals surface area contributed by atoms with Crippen molar-refractivity contribution >= 4 is 17.3 Å². The van der Waals surface area contributed by atoms with Gasteiger partial charge in [-0.25, -0.2) is 9.37 Å². The molecule has 0 aliphatic heterocycles. The van der Waals surface area contributed by atoms with Crippen LogP contribution in [0.3, 0.4) is 0 Å². The van der Waals surface area contributed by atoms with E-state index in [1.807, 2.05) is 0 Å². The second-order valence-electron chi connectivity index (χ2n) is 3.75. The average molecular weight is 265 g/mol. The number of esters is 1. The first-order valence-electron chi connectivity index (χ1n) is 5.42. The molecule has 0 radical (unpaired) electrons. The van der Waals surface area contributed by atoms with Gasteiger partial charge in [-0.2, -0.15) is 0 Å². The number of ether oxygens (including phenoxy) is 1. The third-order valence-electron chi connectivity index (χ3n) is 2.45. The number of thiazole rings is 1. The van der Waals surface area contributed by atoms with Gasteiger partial charge in [0.05, 0.1) is 24.2 Å². The van der Waals surface area contributed by atoms with Crippen LogP contribution in [0, 0.1) is 5.82 Å². The van der Waals surface area contributed by atoms with Crippen LogP contribution < -0.4 is 0 Å². The van der Waals surface area contributed by atoms with Crippen LogP contribution in [-0.2, 0) is 22.4 Å². The first-order chi connectivity index (χ1) is 8.69. The van der Waals surface area contributed by atoms with Gasteiger partial charge in [0.1, 0.15) is 5.82 Å². The van der Waals surface area contributed by atoms with Crippen molar-refractivity contribution in [3.05, 3.63) is 51.7 Å². The molecule has 2 aromatic rings. The number of halogens is 1. The Kier molecular flexibility index (Phi) is 4.04. The maximum absolute atomic E-state index is 13.4. The second-order valence-corrected chi connectivity index (χ2v) is 4.70. The van der Waals surface area contributed by atoms with Gasteiger partial charge in [0.2, 0.25) is 0 Å². The number of nitrogens with zero attached hydrogens (tertiary/aromatic N) is 1. The van der Waals surface area contributed by atoms with E-state index >= 15 is 0 Å². The number of hydrogen-bond donors (Lipinski definition) is 0. The van der Waals surface area contributed by atoms with Crippen molar-refractivity contribution < 1.29 is 13.9 Å². The summed E-state index contributed by atoms with van der Waals surface area (Å²) < 4.78 is 18.0. The Labute approximate surface area is 108 Å². The highest BCUT2D eigenvalue weighted by molar-refractivity contribution is 7.09. The number of rotatable bonds is 4. The van der Waals surface area contributed by atoms with E-state index in [1.54, 1.807) is 23.6 Å². The molecule has 94 valence electrons. The summed E-state index contributed by atoms with van der Waals surface area (Å²) in [5, 5.41) is 2.59. The van der Waals surface area contributed by atoms with E-state index in [-0.39, 0.29) is 18.2 Å². The van der Waals surface area contributed by atoms with E-state index in [2.05, 4.69) is 9.72 Å². The molecule has 18 heavy (non-hydrogen) atoms. The number of hydrogen-bond acceptors (Lipinski definition) is 4. The molecule has 2 rings (SSSR count). The molecule has 1 aromatic heterocycles. The maximum atomic E-state index is 13.4. The van der Waals surface area contributed by atoms with Gasteiger partial charge >= 0.3 is 5.97 Å². The topological polar surface area (TPSA) is 39.2 Å². The molecule has 0 bridgehead atoms. The summed E-state index contributed by atoms with van der Waals surface area (Å²) in [6.07, 6.45) is 0.600. The van der Waals surface area contributed by atoms with Gasteiger partial charge in [0.25, 0.3) is 0 Å². The Morgan fingerprint density at radius 3 is 2.94 bits per heavy atom. The van der Waals surface area contributed by atoms with Gasteiger partial charge in [0, 0.05) is 11.8 Å². The predicted molar refractivity (Wildman–Crippen MR) is 67.0 cm³/mol. The van der Waals surface area contributed by atoms with Crippen molar-refractivity contribution in [1.82, 2.24) is 4.98 Å². The van der Waals surface area contributed by atoms with Crippen LogP contribution in [-0.4, -0.2) is 18.1 Å². The third-order valence-corrected chi connectivity index (χ3v) is 3.35. The van der Waals surface area contributed by atoms with E-state index in [4.69, 9.17) is 0 Å². The highest BCUT2D eigenvalue weighted by Gasteiger charge is 2.09. The van der Waals surface area contributed by atoms with Gasteiger partial charge in [-0.3, -0.25) is 4.79 Å².